The van der Waals surface area contributed by atoms with Gasteiger partial charge in [0.25, 0.3) is 0 Å². The van der Waals surface area contributed by atoms with E-state index < -0.39 is 6.10 Å². The minimum absolute atomic E-state index is 0.0536. The molecule has 0 bridgehead atoms. The number of hydrogen-bond acceptors (Lipinski definition) is 3. The summed E-state index contributed by atoms with van der Waals surface area (Å²) >= 11 is 11.7. The van der Waals surface area contributed by atoms with Gasteiger partial charge in [-0.3, -0.25) is 4.79 Å². The van der Waals surface area contributed by atoms with Crippen LogP contribution in [-0.2, 0) is 4.79 Å². The number of benzene rings is 1. The molecule has 0 aliphatic rings. The second-order valence-electron chi connectivity index (χ2n) is 4.31. The number of furan rings is 1. The van der Waals surface area contributed by atoms with E-state index in [1.807, 2.05) is 0 Å². The van der Waals surface area contributed by atoms with E-state index in [-0.39, 0.29) is 12.5 Å². The summed E-state index contributed by atoms with van der Waals surface area (Å²) in [7, 11) is 0. The molecule has 1 heterocycles. The molecule has 0 spiro atoms. The molecule has 1 unspecified atom stereocenters. The van der Waals surface area contributed by atoms with Crippen molar-refractivity contribution in [3.8, 4) is 0 Å². The Kier molecular flexibility index (Phi) is 5.44. The van der Waals surface area contributed by atoms with Crippen LogP contribution in [0.5, 0.6) is 0 Å². The van der Waals surface area contributed by atoms with Gasteiger partial charge in [-0.2, -0.15) is 0 Å². The lowest BCUT2D eigenvalue weighted by molar-refractivity contribution is -0.116. The molecule has 0 radical (unpaired) electrons. The van der Waals surface area contributed by atoms with Gasteiger partial charge in [-0.05, 0) is 42.0 Å². The smallest absolute Gasteiger partial charge is 0.244 e. The summed E-state index contributed by atoms with van der Waals surface area (Å²) in [6, 6.07) is 8.23. The Bertz CT molecular complexity index is 618. The highest BCUT2D eigenvalue weighted by atomic mass is 35.5. The van der Waals surface area contributed by atoms with E-state index in [4.69, 9.17) is 27.6 Å². The largest absolute Gasteiger partial charge is 0.465 e. The predicted molar refractivity (Wildman–Crippen MR) is 82.2 cm³/mol. The molecule has 4 nitrogen and oxygen atoms in total. The highest BCUT2D eigenvalue weighted by molar-refractivity contribution is 6.34. The third-order valence-electron chi connectivity index (χ3n) is 2.68. The number of aliphatic hydroxyl groups excluding tert-OH is 1. The van der Waals surface area contributed by atoms with Crippen molar-refractivity contribution in [2.24, 2.45) is 0 Å². The molecule has 1 atom stereocenters. The summed E-state index contributed by atoms with van der Waals surface area (Å²) in [5.41, 5.74) is 0.544. The molecule has 1 amide bonds. The molecule has 1 aromatic heterocycles. The molecular formula is C15H13Cl2NO3. The summed E-state index contributed by atoms with van der Waals surface area (Å²) in [6.45, 7) is 0.0536. The van der Waals surface area contributed by atoms with Crippen molar-refractivity contribution >= 4 is 35.2 Å². The molecule has 110 valence electrons. The van der Waals surface area contributed by atoms with Crippen LogP contribution < -0.4 is 5.32 Å². The molecule has 0 fully saturated rings. The van der Waals surface area contributed by atoms with Crippen LogP contribution in [0.25, 0.3) is 6.08 Å². The number of amides is 1. The Labute approximate surface area is 132 Å². The molecule has 2 aromatic rings. The minimum Gasteiger partial charge on any atom is -0.465 e. The topological polar surface area (TPSA) is 62.5 Å². The van der Waals surface area contributed by atoms with Crippen molar-refractivity contribution in [1.82, 2.24) is 5.32 Å². The zero-order valence-electron chi connectivity index (χ0n) is 10.9. The van der Waals surface area contributed by atoms with Crippen LogP contribution in [0.15, 0.2) is 47.1 Å². The quantitative estimate of drug-likeness (QED) is 0.827. The maximum Gasteiger partial charge on any atom is 0.244 e. The average molecular weight is 326 g/mol. The standard InChI is InChI=1S/C15H13Cl2NO3/c16-11-6-10(7-12(17)8-11)14(19)9-18-15(20)4-3-13-2-1-5-21-13/h1-8,14,19H,9H2,(H,18,20). The fourth-order valence-corrected chi connectivity index (χ4v) is 2.23. The molecule has 6 heteroatoms. The molecule has 0 aliphatic heterocycles. The Morgan fingerprint density at radius 1 is 1.33 bits per heavy atom. The lowest BCUT2D eigenvalue weighted by atomic mass is 10.1. The fraction of sp³-hybridized carbons (Fsp3) is 0.133. The van der Waals surface area contributed by atoms with Crippen molar-refractivity contribution in [3.05, 3.63) is 64.0 Å². The summed E-state index contributed by atoms with van der Waals surface area (Å²) in [4.78, 5) is 11.6. The zero-order chi connectivity index (χ0) is 15.2. The first-order valence-electron chi connectivity index (χ1n) is 6.18. The van der Waals surface area contributed by atoms with Crippen LogP contribution in [0.1, 0.15) is 17.4 Å². The van der Waals surface area contributed by atoms with Gasteiger partial charge in [-0.25, -0.2) is 0 Å². The van der Waals surface area contributed by atoms with Gasteiger partial charge in [0.05, 0.1) is 12.4 Å². The second-order valence-corrected chi connectivity index (χ2v) is 5.19. The minimum atomic E-state index is -0.887. The van der Waals surface area contributed by atoms with Gasteiger partial charge >= 0.3 is 0 Å². The Balaban J connectivity index is 1.88. The van der Waals surface area contributed by atoms with Gasteiger partial charge in [0, 0.05) is 22.7 Å². The molecule has 0 aliphatic carbocycles. The number of halogens is 2. The summed E-state index contributed by atoms with van der Waals surface area (Å²) in [5, 5.41) is 13.4. The number of nitrogens with one attached hydrogen (secondary N) is 1. The van der Waals surface area contributed by atoms with Gasteiger partial charge < -0.3 is 14.8 Å². The van der Waals surface area contributed by atoms with E-state index in [2.05, 4.69) is 5.32 Å². The first-order valence-corrected chi connectivity index (χ1v) is 6.93. The van der Waals surface area contributed by atoms with Crippen LogP contribution in [0.3, 0.4) is 0 Å². The Hall–Kier alpha value is -1.75. The number of carbonyl (C=O) groups is 1. The SMILES string of the molecule is O=C(C=Cc1ccco1)NCC(O)c1cc(Cl)cc(Cl)c1. The molecule has 2 N–H and O–H groups in total. The lowest BCUT2D eigenvalue weighted by Gasteiger charge is -2.12. The first kappa shape index (κ1) is 15.6. The summed E-state index contributed by atoms with van der Waals surface area (Å²) < 4.78 is 5.06. The number of aliphatic hydroxyl groups is 1. The van der Waals surface area contributed by atoms with Gasteiger partial charge in [0.15, 0.2) is 0 Å². The zero-order valence-corrected chi connectivity index (χ0v) is 12.4. The van der Waals surface area contributed by atoms with Gasteiger partial charge in [0.2, 0.25) is 5.91 Å². The predicted octanol–water partition coefficient (Wildman–Crippen LogP) is 3.45. The van der Waals surface area contributed by atoms with Crippen LogP contribution in [0, 0.1) is 0 Å². The van der Waals surface area contributed by atoms with Crippen LogP contribution >= 0.6 is 23.2 Å². The van der Waals surface area contributed by atoms with Crippen molar-refractivity contribution in [2.75, 3.05) is 6.54 Å². The van der Waals surface area contributed by atoms with Crippen LogP contribution in [0.4, 0.5) is 0 Å². The van der Waals surface area contributed by atoms with Gasteiger partial charge in [-0.1, -0.05) is 23.2 Å². The normalized spacial score (nSPS) is 12.5. The van der Waals surface area contributed by atoms with E-state index in [1.54, 1.807) is 30.3 Å². The van der Waals surface area contributed by atoms with E-state index in [9.17, 15) is 9.90 Å². The van der Waals surface area contributed by atoms with Gasteiger partial charge in [-0.15, -0.1) is 0 Å². The third kappa shape index (κ3) is 4.93. The molecule has 2 rings (SSSR count). The molecule has 0 saturated heterocycles. The highest BCUT2D eigenvalue weighted by Crippen LogP contribution is 2.23. The number of hydrogen-bond donors (Lipinski definition) is 2. The monoisotopic (exact) mass is 325 g/mol. The van der Waals surface area contributed by atoms with Crippen LogP contribution in [0.2, 0.25) is 10.0 Å². The van der Waals surface area contributed by atoms with E-state index in [0.29, 0.717) is 21.4 Å². The second kappa shape index (κ2) is 7.31. The first-order chi connectivity index (χ1) is 10.0. The van der Waals surface area contributed by atoms with Crippen molar-refractivity contribution in [1.29, 1.82) is 0 Å². The molecule has 0 saturated carbocycles. The highest BCUT2D eigenvalue weighted by Gasteiger charge is 2.10. The summed E-state index contributed by atoms with van der Waals surface area (Å²) in [5.74, 6) is 0.242. The molecule has 21 heavy (non-hydrogen) atoms. The van der Waals surface area contributed by atoms with Gasteiger partial charge in [0.1, 0.15) is 5.76 Å². The Morgan fingerprint density at radius 3 is 2.67 bits per heavy atom. The van der Waals surface area contributed by atoms with Crippen LogP contribution in [-0.4, -0.2) is 17.6 Å². The number of carbonyl (C=O) groups excluding carboxylic acids is 1. The average Bonchev–Trinajstić information content (AvgIpc) is 2.94. The maximum absolute atomic E-state index is 11.6. The Morgan fingerprint density at radius 2 is 2.05 bits per heavy atom. The lowest BCUT2D eigenvalue weighted by Crippen LogP contribution is -2.26. The number of rotatable bonds is 5. The molecular weight excluding hydrogens is 313 g/mol. The van der Waals surface area contributed by atoms with E-state index in [1.165, 1.54) is 18.4 Å². The van der Waals surface area contributed by atoms with Crippen molar-refractivity contribution in [2.45, 2.75) is 6.10 Å². The van der Waals surface area contributed by atoms with Crippen molar-refractivity contribution < 1.29 is 14.3 Å². The van der Waals surface area contributed by atoms with Crippen molar-refractivity contribution in [3.63, 3.8) is 0 Å². The third-order valence-corrected chi connectivity index (χ3v) is 3.12. The van der Waals surface area contributed by atoms with E-state index in [0.717, 1.165) is 0 Å². The summed E-state index contributed by atoms with van der Waals surface area (Å²) in [6.07, 6.45) is 3.50. The molecule has 1 aromatic carbocycles. The maximum atomic E-state index is 11.6. The van der Waals surface area contributed by atoms with E-state index >= 15 is 0 Å². The fourth-order valence-electron chi connectivity index (χ4n) is 1.69.